The van der Waals surface area contributed by atoms with Gasteiger partial charge in [-0.1, -0.05) is 0 Å². The molecule has 0 fully saturated rings. The molecule has 0 bridgehead atoms. The smallest absolute Gasteiger partial charge is 0.159 e. The Morgan fingerprint density at radius 1 is 1.55 bits per heavy atom. The van der Waals surface area contributed by atoms with Crippen LogP contribution in [0.3, 0.4) is 0 Å². The fraction of sp³-hybridized carbons (Fsp3) is 0.667. The van der Waals surface area contributed by atoms with Gasteiger partial charge in [0.15, 0.2) is 5.78 Å². The zero-order valence-corrected chi connectivity index (χ0v) is 7.14. The van der Waals surface area contributed by atoms with Crippen LogP contribution < -0.4 is 0 Å². The first-order valence-corrected chi connectivity index (χ1v) is 3.80. The van der Waals surface area contributed by atoms with Gasteiger partial charge < -0.3 is 4.74 Å². The van der Waals surface area contributed by atoms with E-state index in [4.69, 9.17) is 4.74 Å². The Labute approximate surface area is 67.9 Å². The van der Waals surface area contributed by atoms with Gasteiger partial charge in [0.25, 0.3) is 0 Å². The van der Waals surface area contributed by atoms with Crippen LogP contribution in [0.25, 0.3) is 0 Å². The van der Waals surface area contributed by atoms with Gasteiger partial charge in [0, 0.05) is 19.4 Å². The van der Waals surface area contributed by atoms with Gasteiger partial charge in [-0.05, 0) is 13.8 Å². The zero-order chi connectivity index (χ0) is 8.53. The van der Waals surface area contributed by atoms with E-state index in [1.807, 2.05) is 6.92 Å². The van der Waals surface area contributed by atoms with Crippen molar-refractivity contribution in [2.45, 2.75) is 26.7 Å². The van der Waals surface area contributed by atoms with Gasteiger partial charge >= 0.3 is 0 Å². The highest BCUT2D eigenvalue weighted by Gasteiger charge is 1.98. The van der Waals surface area contributed by atoms with E-state index >= 15 is 0 Å². The lowest BCUT2D eigenvalue weighted by atomic mass is 10.2. The monoisotopic (exact) mass is 154 g/mol. The molecule has 0 saturated carbocycles. The van der Waals surface area contributed by atoms with E-state index in [-0.39, 0.29) is 12.4 Å². The summed E-state index contributed by atoms with van der Waals surface area (Å²) in [6.07, 6.45) is 1.17. The maximum atomic E-state index is 10.9. The van der Waals surface area contributed by atoms with E-state index in [0.717, 1.165) is 0 Å². The third kappa shape index (κ3) is 7.08. The van der Waals surface area contributed by atoms with Crippen molar-refractivity contribution in [1.82, 2.24) is 0 Å². The summed E-state index contributed by atoms with van der Waals surface area (Å²) < 4.78 is 4.93. The standard InChI is InChI=1S/C9H14O2/c1-3-5-6-7-9(10)8-11-4-2/h4,6-8H2,1-2H3. The molecule has 0 heterocycles. The molecule has 0 aromatic rings. The molecule has 0 aliphatic carbocycles. The largest absolute Gasteiger partial charge is 0.374 e. The molecule has 2 heteroatoms. The molecule has 0 radical (unpaired) electrons. The van der Waals surface area contributed by atoms with Gasteiger partial charge in [0.1, 0.15) is 6.61 Å². The molecular formula is C9H14O2. The summed E-state index contributed by atoms with van der Waals surface area (Å²) in [5.41, 5.74) is 0. The molecule has 0 aliphatic heterocycles. The summed E-state index contributed by atoms with van der Waals surface area (Å²) in [6, 6.07) is 0. The second-order valence-electron chi connectivity index (χ2n) is 2.10. The molecule has 0 spiro atoms. The molecule has 0 aromatic heterocycles. The van der Waals surface area contributed by atoms with E-state index in [9.17, 15) is 4.79 Å². The number of carbonyl (C=O) groups excluding carboxylic acids is 1. The van der Waals surface area contributed by atoms with E-state index in [2.05, 4.69) is 11.8 Å². The zero-order valence-electron chi connectivity index (χ0n) is 7.14. The Hall–Kier alpha value is -0.810. The fourth-order valence-electron chi connectivity index (χ4n) is 0.615. The summed E-state index contributed by atoms with van der Waals surface area (Å²) in [5.74, 6) is 5.70. The van der Waals surface area contributed by atoms with Crippen molar-refractivity contribution >= 4 is 5.78 Å². The predicted molar refractivity (Wildman–Crippen MR) is 44.2 cm³/mol. The first-order chi connectivity index (χ1) is 5.31. The van der Waals surface area contributed by atoms with Crippen LogP contribution in [0, 0.1) is 11.8 Å². The first kappa shape index (κ1) is 10.2. The van der Waals surface area contributed by atoms with Gasteiger partial charge in [-0.2, -0.15) is 0 Å². The maximum Gasteiger partial charge on any atom is 0.159 e. The number of hydrogen-bond donors (Lipinski definition) is 0. The highest BCUT2D eigenvalue weighted by atomic mass is 16.5. The highest BCUT2D eigenvalue weighted by Crippen LogP contribution is 1.89. The topological polar surface area (TPSA) is 26.3 Å². The minimum absolute atomic E-state index is 0.134. The quantitative estimate of drug-likeness (QED) is 0.559. The van der Waals surface area contributed by atoms with Crippen LogP contribution >= 0.6 is 0 Å². The Morgan fingerprint density at radius 2 is 2.27 bits per heavy atom. The maximum absolute atomic E-state index is 10.9. The van der Waals surface area contributed by atoms with Crippen molar-refractivity contribution in [1.29, 1.82) is 0 Å². The van der Waals surface area contributed by atoms with E-state index in [0.29, 0.717) is 19.4 Å². The molecule has 0 rings (SSSR count). The number of ketones is 1. The van der Waals surface area contributed by atoms with Crippen molar-refractivity contribution in [2.24, 2.45) is 0 Å². The Kier molecular flexibility index (Phi) is 6.76. The number of Topliss-reactive ketones (excluding diaryl/α,β-unsaturated/α-hetero) is 1. The minimum atomic E-state index is 0.134. The lowest BCUT2D eigenvalue weighted by Crippen LogP contribution is -2.07. The average Bonchev–Trinajstić information content (AvgIpc) is 2.01. The first-order valence-electron chi connectivity index (χ1n) is 3.80. The lowest BCUT2D eigenvalue weighted by molar-refractivity contribution is -0.123. The van der Waals surface area contributed by atoms with Crippen molar-refractivity contribution in [3.8, 4) is 11.8 Å². The molecule has 11 heavy (non-hydrogen) atoms. The molecular weight excluding hydrogens is 140 g/mol. The van der Waals surface area contributed by atoms with Crippen LogP contribution in [0.4, 0.5) is 0 Å². The van der Waals surface area contributed by atoms with Crippen molar-refractivity contribution < 1.29 is 9.53 Å². The molecule has 0 saturated heterocycles. The van der Waals surface area contributed by atoms with Crippen molar-refractivity contribution in [3.63, 3.8) is 0 Å². The SMILES string of the molecule is CC#CCCC(=O)COCC. The van der Waals surface area contributed by atoms with Gasteiger partial charge in [-0.3, -0.25) is 4.79 Å². The summed E-state index contributed by atoms with van der Waals surface area (Å²) in [5, 5.41) is 0. The molecule has 0 unspecified atom stereocenters. The van der Waals surface area contributed by atoms with Gasteiger partial charge in [0.05, 0.1) is 0 Å². The molecule has 0 amide bonds. The van der Waals surface area contributed by atoms with Gasteiger partial charge in [-0.15, -0.1) is 11.8 Å². The van der Waals surface area contributed by atoms with Gasteiger partial charge in [0.2, 0.25) is 0 Å². The van der Waals surface area contributed by atoms with Crippen molar-refractivity contribution in [2.75, 3.05) is 13.2 Å². The Bertz CT molecular complexity index is 162. The number of rotatable bonds is 5. The summed E-state index contributed by atoms with van der Waals surface area (Å²) in [6.45, 7) is 4.49. The van der Waals surface area contributed by atoms with Crippen LogP contribution in [0.1, 0.15) is 26.7 Å². The van der Waals surface area contributed by atoms with Crippen LogP contribution in [0.15, 0.2) is 0 Å². The van der Waals surface area contributed by atoms with E-state index in [1.54, 1.807) is 6.92 Å². The Morgan fingerprint density at radius 3 is 2.82 bits per heavy atom. The predicted octanol–water partition coefficient (Wildman–Crippen LogP) is 1.40. The van der Waals surface area contributed by atoms with Crippen molar-refractivity contribution in [3.05, 3.63) is 0 Å². The minimum Gasteiger partial charge on any atom is -0.374 e. The normalized spacial score (nSPS) is 8.55. The Balaban J connectivity index is 3.27. The number of carbonyl (C=O) groups is 1. The molecule has 0 atom stereocenters. The summed E-state index contributed by atoms with van der Waals surface area (Å²) in [4.78, 5) is 10.9. The number of ether oxygens (including phenoxy) is 1. The molecule has 0 aliphatic rings. The summed E-state index contributed by atoms with van der Waals surface area (Å²) >= 11 is 0. The van der Waals surface area contributed by atoms with Gasteiger partial charge in [-0.25, -0.2) is 0 Å². The highest BCUT2D eigenvalue weighted by molar-refractivity contribution is 5.79. The lowest BCUT2D eigenvalue weighted by Gasteiger charge is -1.96. The average molecular weight is 154 g/mol. The third-order valence-electron chi connectivity index (χ3n) is 1.17. The summed E-state index contributed by atoms with van der Waals surface area (Å²) in [7, 11) is 0. The fourth-order valence-corrected chi connectivity index (χ4v) is 0.615. The van der Waals surface area contributed by atoms with Crippen LogP contribution in [0.2, 0.25) is 0 Å². The number of hydrogen-bond acceptors (Lipinski definition) is 2. The van der Waals surface area contributed by atoms with E-state index < -0.39 is 0 Å². The van der Waals surface area contributed by atoms with Crippen LogP contribution in [0.5, 0.6) is 0 Å². The van der Waals surface area contributed by atoms with E-state index in [1.165, 1.54) is 0 Å². The molecule has 2 nitrogen and oxygen atoms in total. The molecule has 0 N–H and O–H groups in total. The second kappa shape index (κ2) is 7.30. The molecule has 0 aromatic carbocycles. The third-order valence-corrected chi connectivity index (χ3v) is 1.17. The molecule has 62 valence electrons. The van der Waals surface area contributed by atoms with Crippen LogP contribution in [-0.4, -0.2) is 19.0 Å². The van der Waals surface area contributed by atoms with Crippen LogP contribution in [-0.2, 0) is 9.53 Å². The second-order valence-corrected chi connectivity index (χ2v) is 2.10.